The minimum atomic E-state index is -5.48. The fourth-order valence-corrected chi connectivity index (χ4v) is 7.94. The molecule has 0 unspecified atom stereocenters. The summed E-state index contributed by atoms with van der Waals surface area (Å²) in [6, 6.07) is 25.8. The minimum Gasteiger partial charge on any atom is -0.744 e. The SMILES string of the molecule is Cc1ccccc1NC1=CC(=O)C=CC1=NNc1ccc(-c2ccc(N=Nc3c(S(=O)(=O)[O-])cc4c(c3N)C(=O)C(=NNc3ccc(S(=O)(=O)[O-])cc3)C(S(=O)(=O)[O-])=C4)cc2)cc1.[Na+].[Na+].[Na+]. The van der Waals surface area contributed by atoms with Gasteiger partial charge in [-0.15, -0.1) is 5.11 Å². The van der Waals surface area contributed by atoms with Crippen molar-refractivity contribution in [3.05, 3.63) is 149 Å². The Morgan fingerprint density at radius 1 is 0.636 bits per heavy atom. The first kappa shape index (κ1) is 54.1. The van der Waals surface area contributed by atoms with Crippen LogP contribution in [0.5, 0.6) is 0 Å². The number of hydrogen-bond donors (Lipinski definition) is 4. The first-order chi connectivity index (χ1) is 29.8. The number of ketones is 2. The molecule has 320 valence electrons. The molecule has 0 heterocycles. The van der Waals surface area contributed by atoms with E-state index in [0.29, 0.717) is 29.2 Å². The van der Waals surface area contributed by atoms with Gasteiger partial charge in [-0.25, -0.2) is 25.3 Å². The third-order valence-electron chi connectivity index (χ3n) is 9.31. The van der Waals surface area contributed by atoms with Crippen LogP contribution in [0.25, 0.3) is 17.2 Å². The summed E-state index contributed by atoms with van der Waals surface area (Å²) in [5.74, 6) is -1.46. The predicted octanol–water partition coefficient (Wildman–Crippen LogP) is -3.07. The van der Waals surface area contributed by atoms with Crippen molar-refractivity contribution in [1.29, 1.82) is 0 Å². The van der Waals surface area contributed by atoms with Crippen molar-refractivity contribution in [3.8, 4) is 11.1 Å². The van der Waals surface area contributed by atoms with Gasteiger partial charge in [0.1, 0.15) is 47.5 Å². The van der Waals surface area contributed by atoms with E-state index in [9.17, 15) is 48.5 Å². The zero-order valence-corrected chi connectivity index (χ0v) is 43.7. The van der Waals surface area contributed by atoms with Gasteiger partial charge in [0.05, 0.1) is 48.7 Å². The quantitative estimate of drug-likeness (QED) is 0.0241. The van der Waals surface area contributed by atoms with Crippen LogP contribution >= 0.6 is 0 Å². The number of hydrazone groups is 2. The number of benzene rings is 5. The van der Waals surface area contributed by atoms with Crippen LogP contribution in [0.2, 0.25) is 0 Å². The van der Waals surface area contributed by atoms with E-state index >= 15 is 0 Å². The fourth-order valence-electron chi connectivity index (χ4n) is 6.16. The number of carbonyl (C=O) groups excluding carboxylic acids is 2. The van der Waals surface area contributed by atoms with E-state index in [1.165, 1.54) is 24.3 Å². The van der Waals surface area contributed by atoms with E-state index in [1.807, 2.05) is 43.3 Å². The van der Waals surface area contributed by atoms with Crippen LogP contribution in [0.3, 0.4) is 0 Å². The molecule has 0 atom stereocenters. The topological polar surface area (TPSA) is 317 Å². The molecule has 0 saturated carbocycles. The Balaban J connectivity index is 0.00000317. The number of aryl methyl sites for hydroxylation is 1. The maximum atomic E-state index is 13.7. The molecule has 0 aromatic heterocycles. The first-order valence-corrected chi connectivity index (χ1v) is 22.3. The van der Waals surface area contributed by atoms with Gasteiger partial charge in [-0.2, -0.15) is 15.3 Å². The predicted molar refractivity (Wildman–Crippen MR) is 230 cm³/mol. The van der Waals surface area contributed by atoms with E-state index in [-0.39, 0.29) is 106 Å². The van der Waals surface area contributed by atoms with Crippen LogP contribution in [-0.2, 0) is 35.1 Å². The molecule has 0 radical (unpaired) electrons. The number of anilines is 4. The largest absolute Gasteiger partial charge is 1.00 e. The Morgan fingerprint density at radius 3 is 1.79 bits per heavy atom. The van der Waals surface area contributed by atoms with Crippen LogP contribution in [0.4, 0.5) is 34.1 Å². The van der Waals surface area contributed by atoms with E-state index in [4.69, 9.17) is 5.73 Å². The summed E-state index contributed by atoms with van der Waals surface area (Å²) < 4.78 is 108. The van der Waals surface area contributed by atoms with Gasteiger partial charge in [0.2, 0.25) is 5.78 Å². The van der Waals surface area contributed by atoms with Gasteiger partial charge < -0.3 is 24.7 Å². The van der Waals surface area contributed by atoms with Gasteiger partial charge in [-0.3, -0.25) is 20.4 Å². The van der Waals surface area contributed by atoms with Crippen LogP contribution in [0.1, 0.15) is 21.5 Å². The molecule has 19 nitrogen and oxygen atoms in total. The number of rotatable bonds is 12. The molecule has 2 aliphatic rings. The second-order valence-corrected chi connectivity index (χ2v) is 17.6. The van der Waals surface area contributed by atoms with Gasteiger partial charge in [0, 0.05) is 11.8 Å². The number of nitrogens with one attached hydrogen (secondary N) is 3. The first-order valence-electron chi connectivity index (χ1n) is 18.0. The van der Waals surface area contributed by atoms with Crippen molar-refractivity contribution in [2.45, 2.75) is 16.7 Å². The Labute approximate surface area is 444 Å². The Bertz CT molecular complexity index is 3270. The molecule has 7 rings (SSSR count). The third-order valence-corrected chi connectivity index (χ3v) is 11.9. The van der Waals surface area contributed by atoms with Crippen molar-refractivity contribution in [2.75, 3.05) is 21.9 Å². The van der Waals surface area contributed by atoms with Crippen LogP contribution in [0.15, 0.2) is 162 Å². The minimum absolute atomic E-state index is 0. The monoisotopic (exact) mass is 974 g/mol. The summed E-state index contributed by atoms with van der Waals surface area (Å²) in [6.07, 6.45) is 5.09. The van der Waals surface area contributed by atoms with Crippen molar-refractivity contribution in [3.63, 3.8) is 0 Å². The summed E-state index contributed by atoms with van der Waals surface area (Å²) in [4.78, 5) is 23.0. The average Bonchev–Trinajstić information content (AvgIpc) is 3.23. The van der Waals surface area contributed by atoms with Crippen LogP contribution in [-0.4, -0.2) is 61.9 Å². The average molecular weight is 975 g/mol. The zero-order valence-electron chi connectivity index (χ0n) is 35.2. The number of nitrogens with zero attached hydrogens (tertiary/aromatic N) is 4. The van der Waals surface area contributed by atoms with E-state index in [2.05, 4.69) is 36.6 Å². The van der Waals surface area contributed by atoms with Gasteiger partial charge in [-0.05, 0) is 108 Å². The molecule has 5 aromatic rings. The number of azo groups is 1. The zero-order chi connectivity index (χ0) is 45.3. The van der Waals surface area contributed by atoms with Gasteiger partial charge in [0.25, 0.3) is 0 Å². The molecular formula is C41H29N8Na3O11S3. The van der Waals surface area contributed by atoms with Crippen molar-refractivity contribution in [1.82, 2.24) is 0 Å². The molecule has 0 saturated heterocycles. The van der Waals surface area contributed by atoms with Crippen molar-refractivity contribution >= 4 is 93.5 Å². The fraction of sp³-hybridized carbons (Fsp3) is 0.0244. The molecule has 0 fully saturated rings. The number of Topliss-reactive ketones (excluding diaryl/α,β-unsaturated/α-hetero) is 1. The number of para-hydroxylation sites is 1. The van der Waals surface area contributed by atoms with E-state index in [0.717, 1.165) is 46.6 Å². The summed E-state index contributed by atoms with van der Waals surface area (Å²) in [7, 11) is -15.7. The number of carbonyl (C=O) groups is 2. The molecular weight excluding hydrogens is 946 g/mol. The number of hydrogen-bond acceptors (Lipinski definition) is 19. The molecule has 0 spiro atoms. The van der Waals surface area contributed by atoms with E-state index in [1.54, 1.807) is 30.3 Å². The molecule has 5 N–H and O–H groups in total. The van der Waals surface area contributed by atoms with Crippen molar-refractivity contribution in [2.24, 2.45) is 20.4 Å². The van der Waals surface area contributed by atoms with Crippen molar-refractivity contribution < 1.29 is 137 Å². The van der Waals surface area contributed by atoms with Gasteiger partial charge in [0.15, 0.2) is 5.78 Å². The Morgan fingerprint density at radius 2 is 1.21 bits per heavy atom. The number of fused-ring (bicyclic) bond motifs is 1. The molecule has 0 amide bonds. The van der Waals surface area contributed by atoms with Gasteiger partial charge in [-0.1, -0.05) is 42.5 Å². The molecule has 66 heavy (non-hydrogen) atoms. The van der Waals surface area contributed by atoms with Crippen LogP contribution in [0, 0.1) is 6.92 Å². The molecule has 2 aliphatic carbocycles. The number of nitrogen functional groups attached to an aromatic ring is 1. The molecule has 0 bridgehead atoms. The van der Waals surface area contributed by atoms with Gasteiger partial charge >= 0.3 is 88.7 Å². The summed E-state index contributed by atoms with van der Waals surface area (Å²) in [5, 5.41) is 19.4. The molecule has 25 heteroatoms. The second-order valence-electron chi connectivity index (χ2n) is 13.6. The second kappa shape index (κ2) is 22.1. The standard InChI is InChI=1S/C41H32N8O11S3.3Na/c1-23-4-2-3-5-32(23)43-34-22-30(50)16-19-33(34)47-44-27-10-6-24(7-11-27)25-8-12-28(13-9-25)45-48-39-35(62(55,56)57)20-26-21-36(63(58,59)60)40(41(51)37(26)38(39)42)49-46-29-14-17-31(18-15-29)61(52,53)54;;;/h2-22,43-44,46H,42H2,1H3,(H,52,53,54)(H,55,56,57)(H,58,59,60);;;/q;3*+1/p-3. The maximum Gasteiger partial charge on any atom is 1.00 e. The molecule has 5 aromatic carbocycles. The summed E-state index contributed by atoms with van der Waals surface area (Å²) in [5.41, 5.74) is 13.1. The normalized spacial score (nSPS) is 14.9. The number of allylic oxidation sites excluding steroid dienone is 4. The molecule has 0 aliphatic heterocycles. The summed E-state index contributed by atoms with van der Waals surface area (Å²) >= 11 is 0. The van der Waals surface area contributed by atoms with Crippen LogP contribution < -0.4 is 111 Å². The Hall–Kier alpha value is -4.47. The maximum absolute atomic E-state index is 13.7. The Kier molecular flexibility index (Phi) is 18.1. The smallest absolute Gasteiger partial charge is 0.744 e. The van der Waals surface area contributed by atoms with E-state index < -0.39 is 79.0 Å². The summed E-state index contributed by atoms with van der Waals surface area (Å²) in [6.45, 7) is 1.94. The number of nitrogens with two attached hydrogens (primary N) is 1. The third kappa shape index (κ3) is 12.7.